The number of hydrogen-bond donors (Lipinski definition) is 1. The van der Waals surface area contributed by atoms with Crippen LogP contribution in [0.15, 0.2) is 29.2 Å². The second-order valence-corrected chi connectivity index (χ2v) is 7.06. The van der Waals surface area contributed by atoms with Gasteiger partial charge in [0.1, 0.15) is 9.77 Å². The monoisotopic (exact) mass is 309 g/mol. The Kier molecular flexibility index (Phi) is 3.81. The molecule has 7 heteroatoms. The van der Waals surface area contributed by atoms with Gasteiger partial charge in [0.25, 0.3) is 0 Å². The van der Waals surface area contributed by atoms with Gasteiger partial charge in [-0.2, -0.15) is 4.31 Å². The summed E-state index contributed by atoms with van der Waals surface area (Å²) in [4.78, 5) is 10.9. The summed E-state index contributed by atoms with van der Waals surface area (Å²) >= 11 is 0.937. The van der Waals surface area contributed by atoms with Crippen LogP contribution in [0.5, 0.6) is 0 Å². The molecule has 2 rings (SSSR count). The molecule has 0 radical (unpaired) electrons. The molecule has 0 fully saturated rings. The van der Waals surface area contributed by atoms with Gasteiger partial charge in [0.15, 0.2) is 0 Å². The third kappa shape index (κ3) is 2.29. The maximum Gasteiger partial charge on any atom is 0.347 e. The number of rotatable bonds is 4. The summed E-state index contributed by atoms with van der Waals surface area (Å²) in [6.07, 6.45) is 5.12. The van der Waals surface area contributed by atoms with E-state index in [0.29, 0.717) is 10.1 Å². The number of carbonyl (C=O) groups is 1. The van der Waals surface area contributed by atoms with Crippen molar-refractivity contribution >= 4 is 37.4 Å². The highest BCUT2D eigenvalue weighted by atomic mass is 32.2. The largest absolute Gasteiger partial charge is 0.477 e. The number of carboxylic acids is 1. The van der Waals surface area contributed by atoms with E-state index >= 15 is 0 Å². The Hall–Kier alpha value is -1.88. The summed E-state index contributed by atoms with van der Waals surface area (Å²) in [5, 5.41) is 9.63. The van der Waals surface area contributed by atoms with Gasteiger partial charge in [-0.1, -0.05) is 24.1 Å². The van der Waals surface area contributed by atoms with E-state index < -0.39 is 16.0 Å². The first kappa shape index (κ1) is 14.5. The quantitative estimate of drug-likeness (QED) is 0.875. The lowest BCUT2D eigenvalue weighted by molar-refractivity contribution is 0.0698. The van der Waals surface area contributed by atoms with Crippen molar-refractivity contribution in [2.45, 2.75) is 4.90 Å². The molecular formula is C13H11NO4S2. The zero-order chi connectivity index (χ0) is 14.9. The molecule has 0 aliphatic rings. The zero-order valence-corrected chi connectivity index (χ0v) is 12.2. The van der Waals surface area contributed by atoms with Crippen LogP contribution in [-0.4, -0.2) is 37.4 Å². The number of fused-ring (bicyclic) bond motifs is 1. The standard InChI is InChI=1S/C13H11NO4S2/c1-3-8-14(2)20(17,18)12-9-6-4-5-7-10(9)19-11(12)13(15)16/h1,4-7H,8H2,2H3,(H,15,16). The van der Waals surface area contributed by atoms with Crippen LogP contribution < -0.4 is 0 Å². The molecule has 0 amide bonds. The average molecular weight is 309 g/mol. The van der Waals surface area contributed by atoms with Crippen LogP contribution in [0.3, 0.4) is 0 Å². The molecule has 0 saturated heterocycles. The van der Waals surface area contributed by atoms with Gasteiger partial charge in [-0.25, -0.2) is 13.2 Å². The Labute approximate surface area is 120 Å². The number of hydrogen-bond acceptors (Lipinski definition) is 4. The fourth-order valence-electron chi connectivity index (χ4n) is 1.79. The number of thiophene rings is 1. The molecule has 20 heavy (non-hydrogen) atoms. The molecule has 1 aromatic carbocycles. The summed E-state index contributed by atoms with van der Waals surface area (Å²) in [5.41, 5.74) is 0. The molecular weight excluding hydrogens is 298 g/mol. The fourth-order valence-corrected chi connectivity index (χ4v) is 4.56. The SMILES string of the molecule is C#CCN(C)S(=O)(=O)c1c(C(=O)O)sc2ccccc12. The van der Waals surface area contributed by atoms with E-state index in [2.05, 4.69) is 5.92 Å². The van der Waals surface area contributed by atoms with Gasteiger partial charge in [-0.15, -0.1) is 17.8 Å². The lowest BCUT2D eigenvalue weighted by Crippen LogP contribution is -2.28. The molecule has 0 aliphatic carbocycles. The van der Waals surface area contributed by atoms with E-state index in [-0.39, 0.29) is 16.3 Å². The highest BCUT2D eigenvalue weighted by molar-refractivity contribution is 7.89. The lowest BCUT2D eigenvalue weighted by Gasteiger charge is -2.14. The first-order valence-electron chi connectivity index (χ1n) is 5.54. The van der Waals surface area contributed by atoms with Gasteiger partial charge in [0.05, 0.1) is 6.54 Å². The molecule has 5 nitrogen and oxygen atoms in total. The lowest BCUT2D eigenvalue weighted by atomic mass is 10.2. The van der Waals surface area contributed by atoms with Crippen molar-refractivity contribution in [2.75, 3.05) is 13.6 Å². The van der Waals surface area contributed by atoms with Crippen LogP contribution in [-0.2, 0) is 10.0 Å². The van der Waals surface area contributed by atoms with Gasteiger partial charge in [0.2, 0.25) is 10.0 Å². The Morgan fingerprint density at radius 1 is 1.45 bits per heavy atom. The molecule has 1 heterocycles. The number of aromatic carboxylic acids is 1. The van der Waals surface area contributed by atoms with Gasteiger partial charge in [0, 0.05) is 17.1 Å². The Morgan fingerprint density at radius 3 is 2.70 bits per heavy atom. The van der Waals surface area contributed by atoms with Crippen molar-refractivity contribution in [2.24, 2.45) is 0 Å². The summed E-state index contributed by atoms with van der Waals surface area (Å²) in [7, 11) is -2.61. The van der Waals surface area contributed by atoms with Crippen molar-refractivity contribution < 1.29 is 18.3 Å². The van der Waals surface area contributed by atoms with Gasteiger partial charge >= 0.3 is 5.97 Å². The maximum absolute atomic E-state index is 12.5. The molecule has 0 unspecified atom stereocenters. The highest BCUT2D eigenvalue weighted by Crippen LogP contribution is 2.35. The van der Waals surface area contributed by atoms with Crippen molar-refractivity contribution in [3.8, 4) is 12.3 Å². The third-order valence-corrected chi connectivity index (χ3v) is 5.90. The fraction of sp³-hybridized carbons (Fsp3) is 0.154. The number of sulfonamides is 1. The summed E-state index contributed by atoms with van der Waals surface area (Å²) in [5.74, 6) is 0.970. The predicted molar refractivity (Wildman–Crippen MR) is 77.4 cm³/mol. The molecule has 1 aromatic heterocycles. The van der Waals surface area contributed by atoms with Gasteiger partial charge < -0.3 is 5.11 Å². The summed E-state index contributed by atoms with van der Waals surface area (Å²) in [6.45, 7) is -0.119. The van der Waals surface area contributed by atoms with Crippen LogP contribution in [0.4, 0.5) is 0 Å². The van der Waals surface area contributed by atoms with Crippen LogP contribution in [0.2, 0.25) is 0 Å². The van der Waals surface area contributed by atoms with Crippen LogP contribution in [0, 0.1) is 12.3 Å². The molecule has 1 N–H and O–H groups in total. The third-order valence-electron chi connectivity index (χ3n) is 2.73. The Balaban J connectivity index is 2.79. The highest BCUT2D eigenvalue weighted by Gasteiger charge is 2.30. The minimum Gasteiger partial charge on any atom is -0.477 e. The maximum atomic E-state index is 12.5. The first-order chi connectivity index (χ1) is 9.39. The summed E-state index contributed by atoms with van der Waals surface area (Å²) in [6, 6.07) is 6.68. The molecule has 0 spiro atoms. The van der Waals surface area contributed by atoms with E-state index in [1.165, 1.54) is 7.05 Å². The number of benzene rings is 1. The Morgan fingerprint density at radius 2 is 2.10 bits per heavy atom. The number of nitrogens with zero attached hydrogens (tertiary/aromatic N) is 1. The molecule has 0 aliphatic heterocycles. The number of terminal acetylenes is 1. The van der Waals surface area contributed by atoms with Crippen molar-refractivity contribution in [3.63, 3.8) is 0 Å². The van der Waals surface area contributed by atoms with E-state index in [1.807, 2.05) is 0 Å². The molecule has 0 saturated carbocycles. The minimum absolute atomic E-state index is 0.119. The van der Waals surface area contributed by atoms with Crippen LogP contribution in [0.1, 0.15) is 9.67 Å². The van der Waals surface area contributed by atoms with E-state index in [0.717, 1.165) is 15.6 Å². The zero-order valence-electron chi connectivity index (χ0n) is 10.5. The van der Waals surface area contributed by atoms with E-state index in [4.69, 9.17) is 6.42 Å². The normalized spacial score (nSPS) is 11.7. The number of carboxylic acid groups (broad SMARTS) is 1. The molecule has 0 atom stereocenters. The first-order valence-corrected chi connectivity index (χ1v) is 7.80. The molecule has 104 valence electrons. The predicted octanol–water partition coefficient (Wildman–Crippen LogP) is 1.85. The average Bonchev–Trinajstić information content (AvgIpc) is 2.79. The second-order valence-electron chi connectivity index (χ2n) is 4.03. The van der Waals surface area contributed by atoms with E-state index in [9.17, 15) is 18.3 Å². The van der Waals surface area contributed by atoms with Crippen LogP contribution in [0.25, 0.3) is 10.1 Å². The smallest absolute Gasteiger partial charge is 0.347 e. The van der Waals surface area contributed by atoms with Crippen molar-refractivity contribution in [1.82, 2.24) is 4.31 Å². The summed E-state index contributed by atoms with van der Waals surface area (Å²) < 4.78 is 26.6. The molecule has 0 bridgehead atoms. The Bertz CT molecular complexity index is 814. The minimum atomic E-state index is -3.94. The van der Waals surface area contributed by atoms with E-state index in [1.54, 1.807) is 24.3 Å². The molecule has 2 aromatic rings. The van der Waals surface area contributed by atoms with Crippen molar-refractivity contribution in [1.29, 1.82) is 0 Å². The topological polar surface area (TPSA) is 74.7 Å². The van der Waals surface area contributed by atoms with Crippen molar-refractivity contribution in [3.05, 3.63) is 29.1 Å². The van der Waals surface area contributed by atoms with Crippen LogP contribution >= 0.6 is 11.3 Å². The van der Waals surface area contributed by atoms with Gasteiger partial charge in [-0.05, 0) is 6.07 Å². The second kappa shape index (κ2) is 5.25. The van der Waals surface area contributed by atoms with Gasteiger partial charge in [-0.3, -0.25) is 0 Å².